The lowest BCUT2D eigenvalue weighted by Gasteiger charge is -2.57. The maximum absolute atomic E-state index is 6.09. The first-order valence-electron chi connectivity index (χ1n) is 11.1. The Hall–Kier alpha value is -0.850. The Morgan fingerprint density at radius 2 is 1.96 bits per heavy atom. The van der Waals surface area contributed by atoms with Gasteiger partial charge in [-0.25, -0.2) is 0 Å². The van der Waals surface area contributed by atoms with E-state index in [1.807, 2.05) is 7.05 Å². The molecule has 0 radical (unpaired) electrons. The molecule has 2 saturated carbocycles. The fraction of sp³-hybridized carbons (Fsp3) is 0.952. The summed E-state index contributed by atoms with van der Waals surface area (Å²) in [5.74, 6) is 2.30. The van der Waals surface area contributed by atoms with Crippen molar-refractivity contribution in [2.75, 3.05) is 46.6 Å². The van der Waals surface area contributed by atoms with Gasteiger partial charge in [0.15, 0.2) is 5.96 Å². The van der Waals surface area contributed by atoms with Crippen LogP contribution in [0.15, 0.2) is 4.99 Å². The maximum Gasteiger partial charge on any atom is 0.191 e. The molecule has 4 rings (SSSR count). The zero-order valence-corrected chi connectivity index (χ0v) is 16.9. The minimum atomic E-state index is 0.367. The van der Waals surface area contributed by atoms with Gasteiger partial charge in [0, 0.05) is 64.0 Å². The Kier molecular flexibility index (Phi) is 6.56. The quantitative estimate of drug-likeness (QED) is 0.404. The van der Waals surface area contributed by atoms with E-state index in [1.54, 1.807) is 0 Å². The summed E-state index contributed by atoms with van der Waals surface area (Å²) in [5.41, 5.74) is 0.367. The van der Waals surface area contributed by atoms with E-state index in [1.165, 1.54) is 32.1 Å². The molecule has 2 heterocycles. The van der Waals surface area contributed by atoms with Crippen molar-refractivity contribution in [2.24, 2.45) is 22.2 Å². The van der Waals surface area contributed by atoms with Gasteiger partial charge in [0.05, 0.1) is 6.10 Å². The van der Waals surface area contributed by atoms with E-state index >= 15 is 0 Å². The normalized spacial score (nSPS) is 33.1. The highest BCUT2D eigenvalue weighted by molar-refractivity contribution is 5.80. The SMILES string of the molecule is CN=C(NCCCOCC1CCOCC1)NC1C2CCOC2C12CCCC2. The number of ether oxygens (including phenoxy) is 3. The molecule has 2 aliphatic carbocycles. The van der Waals surface area contributed by atoms with E-state index in [9.17, 15) is 0 Å². The van der Waals surface area contributed by atoms with Crippen LogP contribution in [0.5, 0.6) is 0 Å². The van der Waals surface area contributed by atoms with Gasteiger partial charge in [0.1, 0.15) is 0 Å². The first kappa shape index (κ1) is 19.5. The number of nitrogens with zero attached hydrogens (tertiary/aromatic N) is 1. The lowest BCUT2D eigenvalue weighted by molar-refractivity contribution is -0.125. The summed E-state index contributed by atoms with van der Waals surface area (Å²) in [6.07, 6.45) is 10.3. The van der Waals surface area contributed by atoms with E-state index in [2.05, 4.69) is 15.6 Å². The van der Waals surface area contributed by atoms with Gasteiger partial charge >= 0.3 is 0 Å². The molecule has 2 saturated heterocycles. The predicted octanol–water partition coefficient (Wildman–Crippen LogP) is 2.33. The Morgan fingerprint density at radius 1 is 1.15 bits per heavy atom. The second-order valence-electron chi connectivity index (χ2n) is 8.79. The molecule has 6 heteroatoms. The molecular formula is C21H37N3O3. The zero-order valence-electron chi connectivity index (χ0n) is 16.9. The highest BCUT2D eigenvalue weighted by atomic mass is 16.5. The fourth-order valence-electron chi connectivity index (χ4n) is 5.79. The van der Waals surface area contributed by atoms with Gasteiger partial charge in [-0.05, 0) is 44.4 Å². The lowest BCUT2D eigenvalue weighted by atomic mass is 9.54. The summed E-state index contributed by atoms with van der Waals surface area (Å²) in [5, 5.41) is 7.25. The first-order valence-corrected chi connectivity index (χ1v) is 11.1. The molecule has 0 amide bonds. The van der Waals surface area contributed by atoms with Gasteiger partial charge in [0.2, 0.25) is 0 Å². The van der Waals surface area contributed by atoms with Crippen molar-refractivity contribution >= 4 is 5.96 Å². The van der Waals surface area contributed by atoms with Crippen LogP contribution in [-0.2, 0) is 14.2 Å². The Bertz CT molecular complexity index is 501. The van der Waals surface area contributed by atoms with Crippen molar-refractivity contribution in [1.82, 2.24) is 10.6 Å². The molecule has 4 fully saturated rings. The van der Waals surface area contributed by atoms with Gasteiger partial charge in [-0.2, -0.15) is 0 Å². The number of rotatable bonds is 7. The van der Waals surface area contributed by atoms with E-state index in [0.717, 1.165) is 64.8 Å². The molecule has 27 heavy (non-hydrogen) atoms. The summed E-state index contributed by atoms with van der Waals surface area (Å²) >= 11 is 0. The Labute approximate surface area is 163 Å². The van der Waals surface area contributed by atoms with E-state index in [-0.39, 0.29) is 0 Å². The van der Waals surface area contributed by atoms with Gasteiger partial charge in [0.25, 0.3) is 0 Å². The van der Waals surface area contributed by atoms with Crippen molar-refractivity contribution in [1.29, 1.82) is 0 Å². The lowest BCUT2D eigenvalue weighted by Crippen LogP contribution is -2.69. The highest BCUT2D eigenvalue weighted by Gasteiger charge is 2.65. The third-order valence-corrected chi connectivity index (χ3v) is 7.25. The van der Waals surface area contributed by atoms with Gasteiger partial charge in [-0.3, -0.25) is 4.99 Å². The third-order valence-electron chi connectivity index (χ3n) is 7.25. The third kappa shape index (κ3) is 4.13. The number of guanidine groups is 1. The van der Waals surface area contributed by atoms with Crippen molar-refractivity contribution in [3.05, 3.63) is 0 Å². The zero-order chi connectivity index (χ0) is 18.5. The fourth-order valence-corrected chi connectivity index (χ4v) is 5.79. The molecule has 3 atom stereocenters. The minimum Gasteiger partial charge on any atom is -0.381 e. The maximum atomic E-state index is 6.09. The summed E-state index contributed by atoms with van der Waals surface area (Å²) < 4.78 is 17.3. The molecule has 154 valence electrons. The van der Waals surface area contributed by atoms with Crippen LogP contribution in [0.3, 0.4) is 0 Å². The number of hydrogen-bond donors (Lipinski definition) is 2. The van der Waals surface area contributed by atoms with Crippen molar-refractivity contribution < 1.29 is 14.2 Å². The van der Waals surface area contributed by atoms with Gasteiger partial charge in [-0.1, -0.05) is 12.8 Å². The molecule has 2 N–H and O–H groups in total. The summed E-state index contributed by atoms with van der Waals surface area (Å²) in [6.45, 7) is 5.32. The Morgan fingerprint density at radius 3 is 2.74 bits per heavy atom. The number of fused-ring (bicyclic) bond motifs is 2. The minimum absolute atomic E-state index is 0.367. The molecule has 0 aromatic heterocycles. The molecule has 6 nitrogen and oxygen atoms in total. The molecule has 4 aliphatic rings. The van der Waals surface area contributed by atoms with Crippen LogP contribution in [0.1, 0.15) is 51.4 Å². The van der Waals surface area contributed by atoms with E-state index in [0.29, 0.717) is 29.4 Å². The Balaban J connectivity index is 1.15. The van der Waals surface area contributed by atoms with Crippen LogP contribution in [0, 0.1) is 17.3 Å². The second-order valence-corrected chi connectivity index (χ2v) is 8.79. The van der Waals surface area contributed by atoms with Crippen molar-refractivity contribution in [2.45, 2.75) is 63.5 Å². The average Bonchev–Trinajstić information content (AvgIpc) is 3.36. The first-order chi connectivity index (χ1) is 13.3. The number of hydrogen-bond acceptors (Lipinski definition) is 4. The van der Waals surface area contributed by atoms with Crippen molar-refractivity contribution in [3.8, 4) is 0 Å². The largest absolute Gasteiger partial charge is 0.381 e. The van der Waals surface area contributed by atoms with Crippen LogP contribution in [0.4, 0.5) is 0 Å². The number of nitrogens with one attached hydrogen (secondary N) is 2. The standard InChI is InChI=1S/C21H37N3O3/c1-22-20(23-10-4-11-26-15-16-5-12-25-13-6-16)24-18-17-7-14-27-19(17)21(18)8-2-3-9-21/h16-19H,2-15H2,1H3,(H2,22,23,24). The number of aliphatic imine (C=N–C) groups is 1. The van der Waals surface area contributed by atoms with Crippen LogP contribution in [0.25, 0.3) is 0 Å². The molecule has 2 aliphatic heterocycles. The molecule has 1 spiro atoms. The van der Waals surface area contributed by atoms with Crippen LogP contribution in [-0.4, -0.2) is 64.7 Å². The highest BCUT2D eigenvalue weighted by Crippen LogP contribution is 2.60. The van der Waals surface area contributed by atoms with Crippen molar-refractivity contribution in [3.63, 3.8) is 0 Å². The monoisotopic (exact) mass is 379 g/mol. The van der Waals surface area contributed by atoms with Crippen LogP contribution >= 0.6 is 0 Å². The molecular weight excluding hydrogens is 342 g/mol. The summed E-state index contributed by atoms with van der Waals surface area (Å²) in [4.78, 5) is 4.47. The molecule has 0 bridgehead atoms. The van der Waals surface area contributed by atoms with E-state index < -0.39 is 0 Å². The molecule has 0 aromatic rings. The summed E-state index contributed by atoms with van der Waals surface area (Å²) in [6, 6.07) is 0.531. The second kappa shape index (κ2) is 9.10. The predicted molar refractivity (Wildman–Crippen MR) is 106 cm³/mol. The topological polar surface area (TPSA) is 64.1 Å². The summed E-state index contributed by atoms with van der Waals surface area (Å²) in [7, 11) is 1.87. The molecule has 0 aromatic carbocycles. The van der Waals surface area contributed by atoms with Crippen LogP contribution < -0.4 is 10.6 Å². The smallest absolute Gasteiger partial charge is 0.191 e. The molecule has 3 unspecified atom stereocenters. The van der Waals surface area contributed by atoms with Gasteiger partial charge < -0.3 is 24.8 Å². The van der Waals surface area contributed by atoms with Crippen LogP contribution in [0.2, 0.25) is 0 Å². The van der Waals surface area contributed by atoms with Gasteiger partial charge in [-0.15, -0.1) is 0 Å². The average molecular weight is 380 g/mol. The van der Waals surface area contributed by atoms with E-state index in [4.69, 9.17) is 14.2 Å².